The second-order valence-electron chi connectivity index (χ2n) is 6.52. The number of carbonyl (C=O) groups is 1. The Morgan fingerprint density at radius 2 is 1.80 bits per heavy atom. The molecule has 0 spiro atoms. The van der Waals surface area contributed by atoms with E-state index in [4.69, 9.17) is 9.72 Å². The quantitative estimate of drug-likeness (QED) is 0.394. The standard InChI is InChI=1S/C22H27N3O2S2.ClH/c1-5-24(6-2)14-15-25(21(26)16-10-12-17(27-3)13-11-16)22-23-20-18(28-4)8-7-9-19(20)29-22;/h7-13H,5-6,14-15H2,1-4H3;1H. The number of carbonyl (C=O) groups excluding carboxylic acids is 1. The molecule has 8 heteroatoms. The highest BCUT2D eigenvalue weighted by Gasteiger charge is 2.22. The third-order valence-electron chi connectivity index (χ3n) is 4.94. The first-order valence-corrected chi connectivity index (χ1v) is 11.8. The molecule has 162 valence electrons. The molecule has 0 aliphatic carbocycles. The molecule has 0 saturated carbocycles. The fourth-order valence-corrected chi connectivity index (χ4v) is 4.79. The van der Waals surface area contributed by atoms with Gasteiger partial charge in [0.05, 0.1) is 17.3 Å². The molecule has 3 rings (SSSR count). The molecule has 0 saturated heterocycles. The number of likely N-dealkylation sites (N-methyl/N-ethyl adjacent to an activating group) is 1. The zero-order valence-corrected chi connectivity index (χ0v) is 20.2. The summed E-state index contributed by atoms with van der Waals surface area (Å²) in [4.78, 5) is 23.5. The maximum atomic E-state index is 13.4. The monoisotopic (exact) mass is 465 g/mol. The van der Waals surface area contributed by atoms with Crippen LogP contribution >= 0.6 is 35.5 Å². The lowest BCUT2D eigenvalue weighted by atomic mass is 10.2. The molecular weight excluding hydrogens is 438 g/mol. The summed E-state index contributed by atoms with van der Waals surface area (Å²) in [7, 11) is 1.62. The lowest BCUT2D eigenvalue weighted by Crippen LogP contribution is -2.38. The van der Waals surface area contributed by atoms with Crippen LogP contribution in [0.5, 0.6) is 5.75 Å². The molecule has 0 unspecified atom stereocenters. The highest BCUT2D eigenvalue weighted by atomic mass is 35.5. The second-order valence-corrected chi connectivity index (χ2v) is 8.37. The van der Waals surface area contributed by atoms with Gasteiger partial charge in [0.2, 0.25) is 0 Å². The van der Waals surface area contributed by atoms with Crippen LogP contribution in [0.2, 0.25) is 0 Å². The number of nitrogens with zero attached hydrogens (tertiary/aromatic N) is 3. The number of methoxy groups -OCH3 is 1. The average Bonchev–Trinajstić information content (AvgIpc) is 3.20. The van der Waals surface area contributed by atoms with Gasteiger partial charge in [-0.05, 0) is 55.7 Å². The average molecular weight is 466 g/mol. The van der Waals surface area contributed by atoms with Crippen molar-refractivity contribution in [3.63, 3.8) is 0 Å². The number of hydrogen-bond donors (Lipinski definition) is 0. The summed E-state index contributed by atoms with van der Waals surface area (Å²) in [5.74, 6) is 0.699. The predicted molar refractivity (Wildman–Crippen MR) is 131 cm³/mol. The van der Waals surface area contributed by atoms with Crippen molar-refractivity contribution in [3.05, 3.63) is 48.0 Å². The highest BCUT2D eigenvalue weighted by molar-refractivity contribution is 7.98. The lowest BCUT2D eigenvalue weighted by Gasteiger charge is -2.24. The number of thiazole rings is 1. The Kier molecular flexibility index (Phi) is 9.42. The van der Waals surface area contributed by atoms with Gasteiger partial charge >= 0.3 is 0 Å². The summed E-state index contributed by atoms with van der Waals surface area (Å²) in [5.41, 5.74) is 1.60. The maximum Gasteiger partial charge on any atom is 0.260 e. The summed E-state index contributed by atoms with van der Waals surface area (Å²) in [6, 6.07) is 13.4. The van der Waals surface area contributed by atoms with E-state index in [1.54, 1.807) is 30.2 Å². The number of aromatic nitrogens is 1. The molecule has 1 aromatic heterocycles. The van der Waals surface area contributed by atoms with Gasteiger partial charge in [0, 0.05) is 23.5 Å². The Morgan fingerprint density at radius 1 is 1.10 bits per heavy atom. The zero-order valence-electron chi connectivity index (χ0n) is 17.8. The molecule has 0 aliphatic rings. The molecular formula is C22H28ClN3O2S2. The first kappa shape index (κ1) is 24.5. The van der Waals surface area contributed by atoms with E-state index in [9.17, 15) is 4.79 Å². The Labute approximate surface area is 192 Å². The van der Waals surface area contributed by atoms with Gasteiger partial charge in [-0.1, -0.05) is 31.3 Å². The van der Waals surface area contributed by atoms with Crippen LogP contribution in [0.15, 0.2) is 47.4 Å². The summed E-state index contributed by atoms with van der Waals surface area (Å²) >= 11 is 3.25. The molecule has 3 aromatic rings. The topological polar surface area (TPSA) is 45.7 Å². The fourth-order valence-electron chi connectivity index (χ4n) is 3.15. The predicted octanol–water partition coefficient (Wildman–Crippen LogP) is 5.44. The maximum absolute atomic E-state index is 13.4. The van der Waals surface area contributed by atoms with Crippen LogP contribution in [-0.2, 0) is 0 Å². The summed E-state index contributed by atoms with van der Waals surface area (Å²) < 4.78 is 6.32. The largest absolute Gasteiger partial charge is 0.497 e. The number of ether oxygens (including phenoxy) is 1. The van der Waals surface area contributed by atoms with Crippen molar-refractivity contribution in [1.29, 1.82) is 0 Å². The number of fused-ring (bicyclic) bond motifs is 1. The Balaban J connectivity index is 0.00000320. The summed E-state index contributed by atoms with van der Waals surface area (Å²) in [6.07, 6.45) is 2.05. The normalized spacial score (nSPS) is 10.8. The van der Waals surface area contributed by atoms with Crippen LogP contribution in [-0.4, -0.2) is 55.3 Å². The minimum absolute atomic E-state index is 0. The number of anilines is 1. The number of rotatable bonds is 9. The van der Waals surface area contributed by atoms with Crippen molar-refractivity contribution in [1.82, 2.24) is 9.88 Å². The van der Waals surface area contributed by atoms with Crippen LogP contribution in [0.3, 0.4) is 0 Å². The van der Waals surface area contributed by atoms with Gasteiger partial charge in [0.25, 0.3) is 5.91 Å². The van der Waals surface area contributed by atoms with E-state index in [1.165, 1.54) is 0 Å². The van der Waals surface area contributed by atoms with Gasteiger partial charge in [-0.25, -0.2) is 4.98 Å². The third kappa shape index (κ3) is 5.46. The first-order chi connectivity index (χ1) is 14.1. The molecule has 1 amide bonds. The SMILES string of the molecule is CCN(CC)CCN(C(=O)c1ccc(OC)cc1)c1nc2c(SC)cccc2s1.Cl. The Hall–Kier alpha value is -1.80. The van der Waals surface area contributed by atoms with Gasteiger partial charge in [-0.3, -0.25) is 9.69 Å². The molecule has 5 nitrogen and oxygen atoms in total. The van der Waals surface area contributed by atoms with E-state index < -0.39 is 0 Å². The minimum Gasteiger partial charge on any atom is -0.497 e. The number of benzene rings is 2. The van der Waals surface area contributed by atoms with E-state index in [2.05, 4.69) is 37.1 Å². The number of hydrogen-bond acceptors (Lipinski definition) is 6. The first-order valence-electron chi connectivity index (χ1n) is 9.73. The second kappa shape index (κ2) is 11.6. The van der Waals surface area contributed by atoms with E-state index in [0.29, 0.717) is 12.1 Å². The van der Waals surface area contributed by atoms with Crippen molar-refractivity contribution in [2.45, 2.75) is 18.7 Å². The van der Waals surface area contributed by atoms with Gasteiger partial charge in [0.1, 0.15) is 5.75 Å². The van der Waals surface area contributed by atoms with E-state index in [-0.39, 0.29) is 18.3 Å². The van der Waals surface area contributed by atoms with E-state index in [0.717, 1.165) is 45.6 Å². The molecule has 0 N–H and O–H groups in total. The summed E-state index contributed by atoms with van der Waals surface area (Å²) in [5, 5.41) is 0.745. The number of thioether (sulfide) groups is 1. The van der Waals surface area contributed by atoms with Gasteiger partial charge < -0.3 is 9.64 Å². The van der Waals surface area contributed by atoms with E-state index >= 15 is 0 Å². The van der Waals surface area contributed by atoms with Crippen molar-refractivity contribution in [2.24, 2.45) is 0 Å². The van der Waals surface area contributed by atoms with Gasteiger partial charge in [-0.2, -0.15) is 0 Å². The number of amides is 1. The number of halogens is 1. The molecule has 0 atom stereocenters. The van der Waals surface area contributed by atoms with Gasteiger partial charge in [-0.15, -0.1) is 24.2 Å². The van der Waals surface area contributed by atoms with Crippen LogP contribution in [0.1, 0.15) is 24.2 Å². The Morgan fingerprint density at radius 3 is 2.40 bits per heavy atom. The summed E-state index contributed by atoms with van der Waals surface area (Å²) in [6.45, 7) is 7.60. The highest BCUT2D eigenvalue weighted by Crippen LogP contribution is 2.34. The van der Waals surface area contributed by atoms with Crippen molar-refractivity contribution < 1.29 is 9.53 Å². The molecule has 0 bridgehead atoms. The minimum atomic E-state index is -0.0374. The molecule has 2 aromatic carbocycles. The van der Waals surface area contributed by atoms with Crippen molar-refractivity contribution in [3.8, 4) is 5.75 Å². The fraction of sp³-hybridized carbons (Fsp3) is 0.364. The van der Waals surface area contributed by atoms with Crippen LogP contribution in [0.4, 0.5) is 5.13 Å². The lowest BCUT2D eigenvalue weighted by molar-refractivity contribution is 0.0983. The molecule has 1 heterocycles. The van der Waals surface area contributed by atoms with Gasteiger partial charge in [0.15, 0.2) is 5.13 Å². The molecule has 0 fully saturated rings. The van der Waals surface area contributed by atoms with Crippen LogP contribution in [0, 0.1) is 0 Å². The van der Waals surface area contributed by atoms with Crippen LogP contribution < -0.4 is 9.64 Å². The van der Waals surface area contributed by atoms with E-state index in [1.807, 2.05) is 35.2 Å². The van der Waals surface area contributed by atoms with Crippen LogP contribution in [0.25, 0.3) is 10.2 Å². The third-order valence-corrected chi connectivity index (χ3v) is 6.75. The van der Waals surface area contributed by atoms with Crippen molar-refractivity contribution >= 4 is 56.8 Å². The number of para-hydroxylation sites is 1. The molecule has 0 radical (unpaired) electrons. The Bertz CT molecular complexity index is 959. The molecule has 30 heavy (non-hydrogen) atoms. The molecule has 0 aliphatic heterocycles. The zero-order chi connectivity index (χ0) is 20.8. The van der Waals surface area contributed by atoms with Crippen molar-refractivity contribution in [2.75, 3.05) is 44.4 Å². The smallest absolute Gasteiger partial charge is 0.260 e.